The lowest BCUT2D eigenvalue weighted by atomic mass is 9.93. The highest BCUT2D eigenvalue weighted by molar-refractivity contribution is 5.24. The predicted molar refractivity (Wildman–Crippen MR) is 33.2 cm³/mol. The molecule has 4 saturated carbocycles. The van der Waals surface area contributed by atoms with E-state index < -0.39 is 0 Å². The van der Waals surface area contributed by atoms with Crippen LogP contribution in [0.2, 0.25) is 0 Å². The summed E-state index contributed by atoms with van der Waals surface area (Å²) in [6.07, 6.45) is 2.35. The third kappa shape index (κ3) is 0.238. The van der Waals surface area contributed by atoms with Gasteiger partial charge < -0.3 is 9.84 Å². The van der Waals surface area contributed by atoms with E-state index in [0.717, 1.165) is 11.8 Å². The van der Waals surface area contributed by atoms with E-state index in [0.29, 0.717) is 24.0 Å². The zero-order valence-corrected chi connectivity index (χ0v) is 5.60. The van der Waals surface area contributed by atoms with Crippen LogP contribution >= 0.6 is 0 Å². The second-order valence-corrected chi connectivity index (χ2v) is 4.27. The number of aliphatic hydroxyl groups excluding tert-OH is 1. The summed E-state index contributed by atoms with van der Waals surface area (Å²) in [6, 6.07) is 0. The molecule has 54 valence electrons. The average Bonchev–Trinajstić information content (AvgIpc) is 2.47. The van der Waals surface area contributed by atoms with Crippen LogP contribution in [0.4, 0.5) is 0 Å². The van der Waals surface area contributed by atoms with Crippen molar-refractivity contribution in [3.8, 4) is 0 Å². The van der Waals surface area contributed by atoms with E-state index in [1.54, 1.807) is 0 Å². The van der Waals surface area contributed by atoms with E-state index in [1.807, 2.05) is 0 Å². The van der Waals surface area contributed by atoms with Crippen LogP contribution in [0.15, 0.2) is 0 Å². The van der Waals surface area contributed by atoms with E-state index in [2.05, 4.69) is 0 Å². The van der Waals surface area contributed by atoms with Gasteiger partial charge >= 0.3 is 0 Å². The lowest BCUT2D eigenvalue weighted by Gasteiger charge is -2.33. The van der Waals surface area contributed by atoms with Gasteiger partial charge in [-0.15, -0.1) is 0 Å². The Bertz CT molecular complexity index is 207. The minimum atomic E-state index is 0.0127. The van der Waals surface area contributed by atoms with Crippen molar-refractivity contribution in [3.63, 3.8) is 0 Å². The Labute approximate surface area is 59.2 Å². The van der Waals surface area contributed by atoms with Crippen molar-refractivity contribution in [1.82, 2.24) is 0 Å². The molecule has 1 N–H and O–H groups in total. The van der Waals surface area contributed by atoms with Crippen LogP contribution < -0.4 is 0 Å². The van der Waals surface area contributed by atoms with Crippen molar-refractivity contribution < 1.29 is 9.84 Å². The molecule has 2 heteroatoms. The van der Waals surface area contributed by atoms with E-state index in [4.69, 9.17) is 4.74 Å². The van der Waals surface area contributed by atoms with Gasteiger partial charge in [-0.3, -0.25) is 0 Å². The number of aliphatic hydroxyl groups is 1. The zero-order chi connectivity index (χ0) is 6.46. The first-order valence-electron chi connectivity index (χ1n) is 4.21. The number of hydrogen-bond acceptors (Lipinski definition) is 2. The van der Waals surface area contributed by atoms with Gasteiger partial charge in [0.2, 0.25) is 0 Å². The van der Waals surface area contributed by atoms with Crippen LogP contribution in [0, 0.1) is 23.7 Å². The molecule has 0 aromatic carbocycles. The first-order chi connectivity index (χ1) is 4.88. The molecule has 0 amide bonds. The van der Waals surface area contributed by atoms with Crippen LogP contribution in [0.25, 0.3) is 0 Å². The number of hydrogen-bond donors (Lipinski definition) is 1. The Balaban J connectivity index is 1.97. The molecule has 2 nitrogen and oxygen atoms in total. The summed E-state index contributed by atoms with van der Waals surface area (Å²) in [5.74, 6) is 2.73. The molecule has 1 heterocycles. The van der Waals surface area contributed by atoms with Crippen molar-refractivity contribution in [2.24, 2.45) is 23.7 Å². The minimum Gasteiger partial charge on any atom is -0.392 e. The molecule has 1 saturated heterocycles. The van der Waals surface area contributed by atoms with Crippen LogP contribution in [-0.4, -0.2) is 23.4 Å². The predicted octanol–water partition coefficient (Wildman–Crippen LogP) is 0.0104. The lowest BCUT2D eigenvalue weighted by Crippen LogP contribution is -2.39. The Hall–Kier alpha value is -0.0800. The van der Waals surface area contributed by atoms with Crippen LogP contribution in [0.5, 0.6) is 0 Å². The maximum absolute atomic E-state index is 9.65. The Kier molecular flexibility index (Phi) is 0.504. The van der Waals surface area contributed by atoms with Crippen LogP contribution in [0.3, 0.4) is 0 Å². The molecule has 10 heavy (non-hydrogen) atoms. The van der Waals surface area contributed by atoms with E-state index in [9.17, 15) is 5.11 Å². The summed E-state index contributed by atoms with van der Waals surface area (Å²) >= 11 is 0. The summed E-state index contributed by atoms with van der Waals surface area (Å²) in [5.41, 5.74) is 0. The molecule has 4 aliphatic carbocycles. The summed E-state index contributed by atoms with van der Waals surface area (Å²) in [7, 11) is 0. The first kappa shape index (κ1) is 4.73. The molecular formula is C8H10O2. The standard InChI is InChI=1S/C8H10O2/c9-6-2-1-3-4(6)8-5(2)7(3)10-8/h2-9H,1H2/t2-,3-,4-,5?,6-,7?,8?/m0/s1. The van der Waals surface area contributed by atoms with Gasteiger partial charge in [-0.1, -0.05) is 0 Å². The van der Waals surface area contributed by atoms with Gasteiger partial charge in [0.25, 0.3) is 0 Å². The maximum atomic E-state index is 9.65. The molecule has 6 bridgehead atoms. The van der Waals surface area contributed by atoms with Crippen molar-refractivity contribution in [2.45, 2.75) is 24.7 Å². The molecule has 0 aromatic rings. The summed E-state index contributed by atoms with van der Waals surface area (Å²) in [5, 5.41) is 9.65. The van der Waals surface area contributed by atoms with Gasteiger partial charge in [-0.2, -0.15) is 0 Å². The molecule has 0 spiro atoms. The Morgan fingerprint density at radius 3 is 2.50 bits per heavy atom. The fourth-order valence-corrected chi connectivity index (χ4v) is 4.01. The maximum Gasteiger partial charge on any atom is 0.0692 e. The Morgan fingerprint density at radius 1 is 1.10 bits per heavy atom. The third-order valence-corrected chi connectivity index (χ3v) is 4.24. The summed E-state index contributed by atoms with van der Waals surface area (Å²) < 4.78 is 5.60. The largest absolute Gasteiger partial charge is 0.392 e. The quantitative estimate of drug-likeness (QED) is 0.511. The topological polar surface area (TPSA) is 29.5 Å². The van der Waals surface area contributed by atoms with Crippen molar-refractivity contribution in [1.29, 1.82) is 0 Å². The van der Waals surface area contributed by atoms with Crippen molar-refractivity contribution in [3.05, 3.63) is 0 Å². The monoisotopic (exact) mass is 138 g/mol. The van der Waals surface area contributed by atoms with Gasteiger partial charge in [0.15, 0.2) is 0 Å². The second kappa shape index (κ2) is 1.07. The average molecular weight is 138 g/mol. The SMILES string of the molecule is O[C@@H]1[C@H]2C3OC4C3[C@@H]1C[C@H]42. The van der Waals surface area contributed by atoms with Gasteiger partial charge in [-0.05, 0) is 18.3 Å². The normalized spacial score (nSPS) is 80.7. The molecular weight excluding hydrogens is 128 g/mol. The summed E-state index contributed by atoms with van der Waals surface area (Å²) in [6.45, 7) is 0. The highest BCUT2D eigenvalue weighted by Crippen LogP contribution is 2.71. The molecule has 5 aliphatic rings. The van der Waals surface area contributed by atoms with Crippen molar-refractivity contribution in [2.75, 3.05) is 0 Å². The van der Waals surface area contributed by atoms with E-state index in [1.165, 1.54) is 6.42 Å². The summed E-state index contributed by atoms with van der Waals surface area (Å²) in [4.78, 5) is 0. The molecule has 0 aromatic heterocycles. The fourth-order valence-electron chi connectivity index (χ4n) is 4.01. The van der Waals surface area contributed by atoms with E-state index in [-0.39, 0.29) is 6.10 Å². The lowest BCUT2D eigenvalue weighted by molar-refractivity contribution is -0.127. The molecule has 5 rings (SSSR count). The van der Waals surface area contributed by atoms with E-state index >= 15 is 0 Å². The highest BCUT2D eigenvalue weighted by atomic mass is 16.5. The molecule has 7 atom stereocenters. The van der Waals surface area contributed by atoms with Crippen LogP contribution in [-0.2, 0) is 4.74 Å². The highest BCUT2D eigenvalue weighted by Gasteiger charge is 2.77. The molecule has 5 fully saturated rings. The van der Waals surface area contributed by atoms with Gasteiger partial charge in [-0.25, -0.2) is 0 Å². The first-order valence-corrected chi connectivity index (χ1v) is 4.21. The van der Waals surface area contributed by atoms with Crippen LogP contribution in [0.1, 0.15) is 6.42 Å². The third-order valence-electron chi connectivity index (χ3n) is 4.24. The smallest absolute Gasteiger partial charge is 0.0692 e. The molecule has 3 unspecified atom stereocenters. The zero-order valence-electron chi connectivity index (χ0n) is 5.60. The second-order valence-electron chi connectivity index (χ2n) is 4.27. The Morgan fingerprint density at radius 2 is 2.00 bits per heavy atom. The minimum absolute atomic E-state index is 0.0127. The molecule has 0 radical (unpaired) electrons. The molecule has 1 aliphatic heterocycles. The van der Waals surface area contributed by atoms with Gasteiger partial charge in [0.1, 0.15) is 0 Å². The van der Waals surface area contributed by atoms with Crippen molar-refractivity contribution >= 4 is 0 Å². The number of ether oxygens (including phenoxy) is 1. The number of rotatable bonds is 0. The fraction of sp³-hybridized carbons (Fsp3) is 1.00. The van der Waals surface area contributed by atoms with Gasteiger partial charge in [0.05, 0.1) is 18.3 Å². The van der Waals surface area contributed by atoms with Gasteiger partial charge in [0, 0.05) is 11.8 Å².